The first-order valence-electron chi connectivity index (χ1n) is 8.47. The lowest BCUT2D eigenvalue weighted by molar-refractivity contribution is 0.0739. The molecule has 0 radical (unpaired) electrons. The number of amides is 1. The highest BCUT2D eigenvalue weighted by Gasteiger charge is 2.26. The number of anilines is 1. The van der Waals surface area contributed by atoms with Crippen molar-refractivity contribution in [2.45, 2.75) is 6.92 Å². The first-order valence-corrected chi connectivity index (χ1v) is 8.85. The first kappa shape index (κ1) is 16.8. The van der Waals surface area contributed by atoms with Crippen LogP contribution in [0, 0.1) is 12.7 Å². The molecule has 3 aromatic rings. The van der Waals surface area contributed by atoms with Crippen LogP contribution in [-0.4, -0.2) is 46.4 Å². The Balaban J connectivity index is 1.54. The molecule has 0 aliphatic carbocycles. The average molecular weight is 373 g/mol. The molecule has 2 aromatic heterocycles. The maximum absolute atomic E-state index is 13.6. The van der Waals surface area contributed by atoms with Gasteiger partial charge in [0, 0.05) is 43.1 Å². The largest absolute Gasteiger partial charge is 0.368 e. The van der Waals surface area contributed by atoms with E-state index >= 15 is 0 Å². The van der Waals surface area contributed by atoms with Crippen molar-refractivity contribution >= 4 is 28.8 Å². The van der Waals surface area contributed by atoms with E-state index in [2.05, 4.69) is 9.88 Å². The number of imidazole rings is 1. The summed E-state index contributed by atoms with van der Waals surface area (Å²) in [6.45, 7) is 4.40. The molecule has 1 aromatic carbocycles. The zero-order chi connectivity index (χ0) is 18.3. The molecular weight excluding hydrogens is 355 g/mol. The van der Waals surface area contributed by atoms with Crippen LogP contribution in [0.15, 0.2) is 42.6 Å². The number of pyridine rings is 1. The maximum atomic E-state index is 13.6. The molecule has 7 heteroatoms. The van der Waals surface area contributed by atoms with Gasteiger partial charge < -0.3 is 9.80 Å². The first-order chi connectivity index (χ1) is 12.5. The third-order valence-corrected chi connectivity index (χ3v) is 4.93. The second kappa shape index (κ2) is 6.61. The second-order valence-corrected chi connectivity index (χ2v) is 6.82. The third-order valence-electron chi connectivity index (χ3n) is 4.70. The number of rotatable bonds is 2. The van der Waals surface area contributed by atoms with Gasteiger partial charge in [-0.1, -0.05) is 17.7 Å². The molecule has 1 aliphatic heterocycles. The molecule has 5 nitrogen and oxygen atoms in total. The van der Waals surface area contributed by atoms with E-state index in [-0.39, 0.29) is 5.91 Å². The van der Waals surface area contributed by atoms with E-state index in [1.807, 2.05) is 24.3 Å². The van der Waals surface area contributed by atoms with Crippen LogP contribution in [0.2, 0.25) is 5.02 Å². The van der Waals surface area contributed by atoms with Crippen LogP contribution in [0.5, 0.6) is 0 Å². The van der Waals surface area contributed by atoms with Crippen molar-refractivity contribution in [1.82, 2.24) is 14.3 Å². The predicted octanol–water partition coefficient (Wildman–Crippen LogP) is 3.40. The number of hydrogen-bond acceptors (Lipinski definition) is 3. The quantitative estimate of drug-likeness (QED) is 0.692. The van der Waals surface area contributed by atoms with Crippen LogP contribution < -0.4 is 4.90 Å². The normalized spacial score (nSPS) is 14.9. The molecule has 0 unspecified atom stereocenters. The minimum absolute atomic E-state index is 0.119. The van der Waals surface area contributed by atoms with Gasteiger partial charge in [0.1, 0.15) is 17.2 Å². The van der Waals surface area contributed by atoms with Gasteiger partial charge in [0.25, 0.3) is 5.91 Å². The highest BCUT2D eigenvalue weighted by atomic mass is 35.5. The van der Waals surface area contributed by atoms with Gasteiger partial charge in [-0.05, 0) is 37.3 Å². The molecular formula is C19H18ClFN4O. The summed E-state index contributed by atoms with van der Waals surface area (Å²) in [4.78, 5) is 21.4. The van der Waals surface area contributed by atoms with Crippen molar-refractivity contribution in [1.29, 1.82) is 0 Å². The van der Waals surface area contributed by atoms with Crippen LogP contribution in [0.1, 0.15) is 16.2 Å². The molecule has 0 N–H and O–H groups in total. The van der Waals surface area contributed by atoms with Crippen molar-refractivity contribution in [3.05, 3.63) is 64.8 Å². The van der Waals surface area contributed by atoms with E-state index in [0.717, 1.165) is 18.8 Å². The fourth-order valence-electron chi connectivity index (χ4n) is 3.38. The van der Waals surface area contributed by atoms with E-state index in [9.17, 15) is 9.18 Å². The fourth-order valence-corrected chi connectivity index (χ4v) is 3.57. The van der Waals surface area contributed by atoms with E-state index < -0.39 is 5.82 Å². The number of hydrogen-bond donors (Lipinski definition) is 0. The highest BCUT2D eigenvalue weighted by molar-refractivity contribution is 6.30. The van der Waals surface area contributed by atoms with E-state index in [4.69, 9.17) is 11.6 Å². The maximum Gasteiger partial charge on any atom is 0.272 e. The van der Waals surface area contributed by atoms with Crippen LogP contribution in [0.4, 0.5) is 10.1 Å². The Morgan fingerprint density at radius 2 is 1.92 bits per heavy atom. The Bertz CT molecular complexity index is 979. The summed E-state index contributed by atoms with van der Waals surface area (Å²) in [5.74, 6) is -0.513. The molecule has 1 aliphatic rings. The summed E-state index contributed by atoms with van der Waals surface area (Å²) >= 11 is 6.06. The van der Waals surface area contributed by atoms with E-state index in [1.54, 1.807) is 17.9 Å². The summed E-state index contributed by atoms with van der Waals surface area (Å²) in [7, 11) is 0. The number of fused-ring (bicyclic) bond motifs is 1. The summed E-state index contributed by atoms with van der Waals surface area (Å²) in [6.07, 6.45) is 1.31. The molecule has 1 amide bonds. The smallest absolute Gasteiger partial charge is 0.272 e. The molecule has 1 saturated heterocycles. The number of nitrogens with zero attached hydrogens (tertiary/aromatic N) is 4. The highest BCUT2D eigenvalue weighted by Crippen LogP contribution is 2.22. The zero-order valence-electron chi connectivity index (χ0n) is 14.3. The minimum atomic E-state index is -0.394. The summed E-state index contributed by atoms with van der Waals surface area (Å²) in [6, 6.07) is 10.6. The van der Waals surface area contributed by atoms with E-state index in [0.29, 0.717) is 35.1 Å². The molecule has 26 heavy (non-hydrogen) atoms. The van der Waals surface area contributed by atoms with Gasteiger partial charge in [0.15, 0.2) is 0 Å². The van der Waals surface area contributed by atoms with Gasteiger partial charge in [-0.3, -0.25) is 9.20 Å². The lowest BCUT2D eigenvalue weighted by atomic mass is 10.2. The minimum Gasteiger partial charge on any atom is -0.368 e. The van der Waals surface area contributed by atoms with Gasteiger partial charge in [-0.2, -0.15) is 0 Å². The molecule has 0 atom stereocenters. The number of carbonyl (C=O) groups excluding carboxylic acids is 1. The Morgan fingerprint density at radius 1 is 1.15 bits per heavy atom. The van der Waals surface area contributed by atoms with Crippen molar-refractivity contribution in [3.63, 3.8) is 0 Å². The number of benzene rings is 1. The third kappa shape index (κ3) is 3.01. The molecule has 0 bridgehead atoms. The van der Waals surface area contributed by atoms with Crippen LogP contribution in [0.25, 0.3) is 5.65 Å². The van der Waals surface area contributed by atoms with Gasteiger partial charge in [-0.15, -0.1) is 0 Å². The Hall–Kier alpha value is -2.60. The number of aromatic nitrogens is 2. The van der Waals surface area contributed by atoms with E-state index in [1.165, 1.54) is 16.7 Å². The molecule has 0 saturated carbocycles. The zero-order valence-corrected chi connectivity index (χ0v) is 15.1. The number of halogens is 2. The average Bonchev–Trinajstić information content (AvgIpc) is 2.96. The van der Waals surface area contributed by atoms with Gasteiger partial charge >= 0.3 is 0 Å². The van der Waals surface area contributed by atoms with Crippen molar-refractivity contribution in [2.75, 3.05) is 31.1 Å². The molecule has 134 valence electrons. The van der Waals surface area contributed by atoms with Gasteiger partial charge in [-0.25, -0.2) is 9.37 Å². The van der Waals surface area contributed by atoms with Crippen LogP contribution >= 0.6 is 11.6 Å². The summed E-state index contributed by atoms with van der Waals surface area (Å²) < 4.78 is 15.2. The Kier molecular flexibility index (Phi) is 4.28. The standard InChI is InChI=1S/C19H18ClFN4O/c1-13-18(25-12-15(21)5-6-17(25)22-13)19(26)24-9-7-23(8-10-24)16-4-2-3-14(20)11-16/h2-6,11-12H,7-10H2,1H3. The Labute approximate surface area is 155 Å². The summed E-state index contributed by atoms with van der Waals surface area (Å²) in [5.41, 5.74) is 2.66. The predicted molar refractivity (Wildman–Crippen MR) is 99.5 cm³/mol. The Morgan fingerprint density at radius 3 is 2.65 bits per heavy atom. The second-order valence-electron chi connectivity index (χ2n) is 6.38. The monoisotopic (exact) mass is 372 g/mol. The van der Waals surface area contributed by atoms with Crippen molar-refractivity contribution in [2.24, 2.45) is 0 Å². The lowest BCUT2D eigenvalue weighted by Gasteiger charge is -2.36. The van der Waals surface area contributed by atoms with Gasteiger partial charge in [0.2, 0.25) is 0 Å². The summed E-state index contributed by atoms with van der Waals surface area (Å²) in [5, 5.41) is 0.699. The van der Waals surface area contributed by atoms with Crippen LogP contribution in [0.3, 0.4) is 0 Å². The fraction of sp³-hybridized carbons (Fsp3) is 0.263. The molecule has 3 heterocycles. The molecule has 0 spiro atoms. The number of aryl methyl sites for hydroxylation is 1. The molecule has 4 rings (SSSR count). The van der Waals surface area contributed by atoms with Crippen LogP contribution in [-0.2, 0) is 0 Å². The molecule has 1 fully saturated rings. The van der Waals surface area contributed by atoms with Crippen molar-refractivity contribution < 1.29 is 9.18 Å². The van der Waals surface area contributed by atoms with Gasteiger partial charge in [0.05, 0.1) is 5.69 Å². The lowest BCUT2D eigenvalue weighted by Crippen LogP contribution is -2.49. The number of carbonyl (C=O) groups is 1. The van der Waals surface area contributed by atoms with Crippen molar-refractivity contribution in [3.8, 4) is 0 Å². The topological polar surface area (TPSA) is 40.9 Å². The SMILES string of the molecule is Cc1nc2ccc(F)cn2c1C(=O)N1CCN(c2cccc(Cl)c2)CC1. The number of piperazine rings is 1.